The Morgan fingerprint density at radius 2 is 1.75 bits per heavy atom. The molecule has 1 aliphatic carbocycles. The average Bonchev–Trinajstić information content (AvgIpc) is 2.65. The molecule has 1 aromatic carbocycles. The van der Waals surface area contributed by atoms with Gasteiger partial charge in [0.25, 0.3) is 0 Å². The molecule has 0 bridgehead atoms. The number of aromatic nitrogens is 2. The molecule has 4 heteroatoms. The van der Waals surface area contributed by atoms with Crippen LogP contribution in [0.1, 0.15) is 75.5 Å². The van der Waals surface area contributed by atoms with Gasteiger partial charge < -0.3 is 4.74 Å². The summed E-state index contributed by atoms with van der Waals surface area (Å²) in [5, 5.41) is 0. The predicted octanol–water partition coefficient (Wildman–Crippen LogP) is 4.33. The Morgan fingerprint density at radius 3 is 2.39 bits per heavy atom. The molecule has 0 N–H and O–H groups in total. The smallest absolute Gasteiger partial charge is 0.311 e. The Hall–Kier alpha value is -2.67. The van der Waals surface area contributed by atoms with Crippen LogP contribution in [0, 0.1) is 11.8 Å². The van der Waals surface area contributed by atoms with Gasteiger partial charge in [-0.25, -0.2) is 4.98 Å². The summed E-state index contributed by atoms with van der Waals surface area (Å²) in [4.78, 5) is 20.1. The van der Waals surface area contributed by atoms with E-state index in [2.05, 4.69) is 67.7 Å². The van der Waals surface area contributed by atoms with Crippen LogP contribution in [-0.2, 0) is 26.8 Å². The van der Waals surface area contributed by atoms with Crippen molar-refractivity contribution >= 4 is 5.97 Å². The molecule has 1 aliphatic rings. The highest BCUT2D eigenvalue weighted by atomic mass is 16.5. The second-order valence-electron chi connectivity index (χ2n) is 8.65. The van der Waals surface area contributed by atoms with Crippen molar-refractivity contribution in [2.24, 2.45) is 0 Å². The fourth-order valence-electron chi connectivity index (χ4n) is 3.67. The first-order chi connectivity index (χ1) is 13.2. The van der Waals surface area contributed by atoms with Gasteiger partial charge in [-0.1, -0.05) is 39.7 Å². The van der Waals surface area contributed by atoms with E-state index in [1.54, 1.807) is 19.3 Å². The van der Waals surface area contributed by atoms with Gasteiger partial charge in [0.05, 0.1) is 31.1 Å². The molecule has 0 spiro atoms. The van der Waals surface area contributed by atoms with Crippen molar-refractivity contribution in [3.8, 4) is 11.8 Å². The minimum Gasteiger partial charge on any atom is -0.466 e. The van der Waals surface area contributed by atoms with Crippen molar-refractivity contribution in [2.75, 3.05) is 6.61 Å². The van der Waals surface area contributed by atoms with Gasteiger partial charge >= 0.3 is 5.97 Å². The number of rotatable bonds is 3. The van der Waals surface area contributed by atoms with E-state index in [9.17, 15) is 4.79 Å². The van der Waals surface area contributed by atoms with Crippen LogP contribution < -0.4 is 0 Å². The van der Waals surface area contributed by atoms with E-state index in [-0.39, 0.29) is 23.2 Å². The molecule has 0 amide bonds. The van der Waals surface area contributed by atoms with Crippen LogP contribution >= 0.6 is 0 Å². The van der Waals surface area contributed by atoms with Crippen molar-refractivity contribution in [2.45, 2.75) is 64.7 Å². The van der Waals surface area contributed by atoms with Gasteiger partial charge in [0.1, 0.15) is 5.69 Å². The molecule has 3 rings (SSSR count). The third kappa shape index (κ3) is 4.42. The lowest BCUT2D eigenvalue weighted by Gasteiger charge is -2.41. The minimum atomic E-state index is -0.296. The Morgan fingerprint density at radius 1 is 1.04 bits per heavy atom. The Labute approximate surface area is 167 Å². The summed E-state index contributed by atoms with van der Waals surface area (Å²) < 4.78 is 4.92. The number of fused-ring (bicyclic) bond motifs is 1. The van der Waals surface area contributed by atoms with Gasteiger partial charge in [-0.3, -0.25) is 9.78 Å². The normalized spacial score (nSPS) is 16.5. The zero-order valence-corrected chi connectivity index (χ0v) is 17.4. The number of nitrogens with zero attached hydrogens (tertiary/aromatic N) is 2. The van der Waals surface area contributed by atoms with Crippen LogP contribution in [0.2, 0.25) is 0 Å². The highest BCUT2D eigenvalue weighted by molar-refractivity contribution is 5.71. The van der Waals surface area contributed by atoms with Gasteiger partial charge in [0.2, 0.25) is 0 Å². The van der Waals surface area contributed by atoms with Crippen molar-refractivity contribution in [3.63, 3.8) is 0 Å². The summed E-state index contributed by atoms with van der Waals surface area (Å²) in [5.41, 5.74) is 5.35. The van der Waals surface area contributed by atoms with Crippen LogP contribution in [0.15, 0.2) is 30.6 Å². The van der Waals surface area contributed by atoms with E-state index in [0.29, 0.717) is 18.0 Å². The number of hydrogen-bond acceptors (Lipinski definition) is 4. The second-order valence-corrected chi connectivity index (χ2v) is 8.65. The fraction of sp³-hybridized carbons (Fsp3) is 0.458. The molecule has 0 saturated carbocycles. The van der Waals surface area contributed by atoms with E-state index < -0.39 is 0 Å². The van der Waals surface area contributed by atoms with Gasteiger partial charge in [-0.2, -0.15) is 0 Å². The Kier molecular flexibility index (Phi) is 5.56. The molecular formula is C24H28N2O2. The maximum Gasteiger partial charge on any atom is 0.311 e. The number of esters is 1. The third-order valence-electron chi connectivity index (χ3n) is 5.52. The number of carbonyl (C=O) groups excluding carboxylic acids is 1. The monoisotopic (exact) mass is 376 g/mol. The number of benzene rings is 1. The maximum atomic E-state index is 11.5. The van der Waals surface area contributed by atoms with Crippen LogP contribution in [0.5, 0.6) is 0 Å². The van der Waals surface area contributed by atoms with Crippen LogP contribution in [0.4, 0.5) is 0 Å². The lowest BCUT2D eigenvalue weighted by atomic mass is 9.63. The van der Waals surface area contributed by atoms with Gasteiger partial charge in [0, 0.05) is 5.56 Å². The SMILES string of the molecule is CCOC(=O)Cc1cnc(C#Cc2ccc3c(c2)C(C)(C)CCC3(C)C)cn1. The number of ether oxygens (including phenoxy) is 1. The molecule has 0 aliphatic heterocycles. The first-order valence-corrected chi connectivity index (χ1v) is 9.85. The summed E-state index contributed by atoms with van der Waals surface area (Å²) >= 11 is 0. The summed E-state index contributed by atoms with van der Waals surface area (Å²) in [6, 6.07) is 6.55. The molecule has 0 atom stereocenters. The molecule has 0 unspecified atom stereocenters. The van der Waals surface area contributed by atoms with E-state index in [0.717, 1.165) is 5.56 Å². The van der Waals surface area contributed by atoms with Crippen molar-refractivity contribution in [1.82, 2.24) is 9.97 Å². The zero-order chi connectivity index (χ0) is 20.4. The van der Waals surface area contributed by atoms with Crippen LogP contribution in [-0.4, -0.2) is 22.5 Å². The molecule has 28 heavy (non-hydrogen) atoms. The molecule has 146 valence electrons. The van der Waals surface area contributed by atoms with Crippen LogP contribution in [0.25, 0.3) is 0 Å². The predicted molar refractivity (Wildman–Crippen MR) is 110 cm³/mol. The Bertz CT molecular complexity index is 931. The fourth-order valence-corrected chi connectivity index (χ4v) is 3.67. The largest absolute Gasteiger partial charge is 0.466 e. The third-order valence-corrected chi connectivity index (χ3v) is 5.52. The summed E-state index contributed by atoms with van der Waals surface area (Å²) in [5.74, 6) is 6.00. The minimum absolute atomic E-state index is 0.129. The van der Waals surface area contributed by atoms with Crippen molar-refractivity contribution in [1.29, 1.82) is 0 Å². The highest BCUT2D eigenvalue weighted by Crippen LogP contribution is 2.45. The summed E-state index contributed by atoms with van der Waals surface area (Å²) in [7, 11) is 0. The molecule has 1 aromatic heterocycles. The summed E-state index contributed by atoms with van der Waals surface area (Å²) in [6.45, 7) is 11.4. The molecular weight excluding hydrogens is 348 g/mol. The lowest BCUT2D eigenvalue weighted by molar-refractivity contribution is -0.142. The molecule has 0 fully saturated rings. The average molecular weight is 377 g/mol. The van der Waals surface area contributed by atoms with Gasteiger partial charge in [0.15, 0.2) is 0 Å². The molecule has 0 saturated heterocycles. The molecule has 2 aromatic rings. The van der Waals surface area contributed by atoms with E-state index in [1.807, 2.05) is 0 Å². The number of carbonyl (C=O) groups is 1. The highest BCUT2D eigenvalue weighted by Gasteiger charge is 2.36. The molecule has 4 nitrogen and oxygen atoms in total. The lowest BCUT2D eigenvalue weighted by Crippen LogP contribution is -2.33. The van der Waals surface area contributed by atoms with Gasteiger partial charge in [-0.15, -0.1) is 0 Å². The first-order valence-electron chi connectivity index (χ1n) is 9.85. The van der Waals surface area contributed by atoms with E-state index >= 15 is 0 Å². The first kappa shape index (κ1) is 20.1. The van der Waals surface area contributed by atoms with E-state index in [4.69, 9.17) is 4.74 Å². The number of hydrogen-bond donors (Lipinski definition) is 0. The van der Waals surface area contributed by atoms with Crippen molar-refractivity contribution < 1.29 is 9.53 Å². The quantitative estimate of drug-likeness (QED) is 0.591. The zero-order valence-electron chi connectivity index (χ0n) is 17.4. The standard InChI is InChI=1S/C24H28N2O2/c1-6-28-22(27)14-19-16-25-18(15-26-19)9-7-17-8-10-20-21(13-17)24(4,5)12-11-23(20,2)3/h8,10,13,15-16H,6,11-12,14H2,1-5H3. The van der Waals surface area contributed by atoms with E-state index in [1.165, 1.54) is 24.0 Å². The topological polar surface area (TPSA) is 52.1 Å². The maximum absolute atomic E-state index is 11.5. The van der Waals surface area contributed by atoms with Gasteiger partial charge in [-0.05, 0) is 59.8 Å². The summed E-state index contributed by atoms with van der Waals surface area (Å²) in [6.07, 6.45) is 5.69. The Balaban J connectivity index is 1.80. The molecule has 1 heterocycles. The van der Waals surface area contributed by atoms with Crippen molar-refractivity contribution in [3.05, 3.63) is 58.7 Å². The molecule has 0 radical (unpaired) electrons. The van der Waals surface area contributed by atoms with Crippen LogP contribution in [0.3, 0.4) is 0 Å². The second kappa shape index (κ2) is 7.75.